The minimum Gasteiger partial charge on any atom is -0.383 e. The average molecular weight is 270 g/mol. The van der Waals surface area contributed by atoms with Gasteiger partial charge in [0.15, 0.2) is 0 Å². The van der Waals surface area contributed by atoms with Crippen molar-refractivity contribution < 1.29 is 9.53 Å². The van der Waals surface area contributed by atoms with E-state index < -0.39 is 0 Å². The number of hydrogen-bond donors (Lipinski definition) is 2. The lowest BCUT2D eigenvalue weighted by molar-refractivity contribution is -0.121. The van der Waals surface area contributed by atoms with Crippen LogP contribution in [0.4, 0.5) is 0 Å². The molecule has 0 radical (unpaired) electrons. The smallest absolute Gasteiger partial charge is 0.221 e. The molecule has 0 atom stereocenters. The molecule has 0 bridgehead atoms. The summed E-state index contributed by atoms with van der Waals surface area (Å²) in [6, 6.07) is 2.20. The van der Waals surface area contributed by atoms with E-state index in [9.17, 15) is 4.79 Å². The van der Waals surface area contributed by atoms with Crippen molar-refractivity contribution in [2.24, 2.45) is 0 Å². The van der Waals surface area contributed by atoms with Crippen LogP contribution < -0.4 is 10.6 Å². The van der Waals surface area contributed by atoms with Gasteiger partial charge < -0.3 is 15.4 Å². The molecule has 1 rings (SSSR count). The van der Waals surface area contributed by atoms with Crippen molar-refractivity contribution in [3.8, 4) is 0 Å². The van der Waals surface area contributed by atoms with Crippen molar-refractivity contribution in [2.45, 2.75) is 26.8 Å². The topological polar surface area (TPSA) is 50.4 Å². The largest absolute Gasteiger partial charge is 0.383 e. The highest BCUT2D eigenvalue weighted by Crippen LogP contribution is 2.19. The number of methoxy groups -OCH3 is 1. The molecule has 0 aromatic carbocycles. The molecule has 0 fully saturated rings. The van der Waals surface area contributed by atoms with E-state index in [1.165, 1.54) is 15.3 Å². The van der Waals surface area contributed by atoms with Crippen molar-refractivity contribution in [3.05, 3.63) is 21.4 Å². The van der Waals surface area contributed by atoms with Gasteiger partial charge in [0.2, 0.25) is 5.91 Å². The van der Waals surface area contributed by atoms with Crippen LogP contribution in [0.2, 0.25) is 0 Å². The second kappa shape index (κ2) is 8.24. The Hall–Kier alpha value is -0.910. The molecule has 4 nitrogen and oxygen atoms in total. The molecular weight excluding hydrogens is 248 g/mol. The van der Waals surface area contributed by atoms with Crippen LogP contribution in [0, 0.1) is 13.8 Å². The van der Waals surface area contributed by atoms with Gasteiger partial charge in [0.1, 0.15) is 0 Å². The SMILES string of the molecule is COCCNC(=O)CCNCc1cc(C)sc1C. The van der Waals surface area contributed by atoms with E-state index in [4.69, 9.17) is 4.74 Å². The number of carbonyl (C=O) groups is 1. The molecule has 0 aliphatic carbocycles. The van der Waals surface area contributed by atoms with E-state index in [0.29, 0.717) is 26.1 Å². The Bertz CT molecular complexity index is 377. The minimum absolute atomic E-state index is 0.0674. The van der Waals surface area contributed by atoms with Gasteiger partial charge in [-0.1, -0.05) is 0 Å². The minimum atomic E-state index is 0.0674. The second-order valence-electron chi connectivity index (χ2n) is 4.21. The lowest BCUT2D eigenvalue weighted by Gasteiger charge is -2.06. The lowest BCUT2D eigenvalue weighted by Crippen LogP contribution is -2.29. The van der Waals surface area contributed by atoms with Gasteiger partial charge >= 0.3 is 0 Å². The predicted octanol–water partition coefficient (Wildman–Crippen LogP) is 1.61. The highest BCUT2D eigenvalue weighted by atomic mass is 32.1. The summed E-state index contributed by atoms with van der Waals surface area (Å²) in [5.74, 6) is 0.0674. The van der Waals surface area contributed by atoms with E-state index in [1.807, 2.05) is 11.3 Å². The standard InChI is InChI=1S/C13H22N2O2S/c1-10-8-12(11(2)18-10)9-14-5-4-13(16)15-6-7-17-3/h8,14H,4-7,9H2,1-3H3,(H,15,16). The summed E-state index contributed by atoms with van der Waals surface area (Å²) >= 11 is 1.81. The highest BCUT2D eigenvalue weighted by molar-refractivity contribution is 7.12. The van der Waals surface area contributed by atoms with E-state index in [2.05, 4.69) is 30.5 Å². The van der Waals surface area contributed by atoms with Crippen molar-refractivity contribution in [3.63, 3.8) is 0 Å². The molecule has 0 aliphatic heterocycles. The van der Waals surface area contributed by atoms with Gasteiger partial charge in [-0.25, -0.2) is 0 Å². The maximum atomic E-state index is 11.4. The van der Waals surface area contributed by atoms with Crippen molar-refractivity contribution in [1.82, 2.24) is 10.6 Å². The molecule has 1 heterocycles. The number of amides is 1. The molecule has 5 heteroatoms. The Balaban J connectivity index is 2.11. The number of rotatable bonds is 8. The molecular formula is C13H22N2O2S. The number of aryl methyl sites for hydroxylation is 2. The van der Waals surface area contributed by atoms with Gasteiger partial charge in [0.05, 0.1) is 6.61 Å². The Morgan fingerprint density at radius 2 is 2.17 bits per heavy atom. The Morgan fingerprint density at radius 3 is 2.78 bits per heavy atom. The third-order valence-corrected chi connectivity index (χ3v) is 3.62. The van der Waals surface area contributed by atoms with Crippen LogP contribution in [0.1, 0.15) is 21.7 Å². The average Bonchev–Trinajstić information content (AvgIpc) is 2.64. The number of ether oxygens (including phenoxy) is 1. The molecule has 0 spiro atoms. The van der Waals surface area contributed by atoms with Gasteiger partial charge in [-0.3, -0.25) is 4.79 Å². The Morgan fingerprint density at radius 1 is 1.39 bits per heavy atom. The van der Waals surface area contributed by atoms with E-state index in [0.717, 1.165) is 6.54 Å². The van der Waals surface area contributed by atoms with E-state index >= 15 is 0 Å². The number of thiophene rings is 1. The summed E-state index contributed by atoms with van der Waals surface area (Å²) in [4.78, 5) is 14.1. The monoisotopic (exact) mass is 270 g/mol. The zero-order chi connectivity index (χ0) is 13.4. The van der Waals surface area contributed by atoms with Crippen molar-refractivity contribution in [2.75, 3.05) is 26.8 Å². The summed E-state index contributed by atoms with van der Waals surface area (Å²) in [5.41, 5.74) is 1.33. The van der Waals surface area contributed by atoms with Crippen LogP contribution in [0.25, 0.3) is 0 Å². The zero-order valence-electron chi connectivity index (χ0n) is 11.3. The van der Waals surface area contributed by atoms with E-state index in [-0.39, 0.29) is 5.91 Å². The molecule has 0 unspecified atom stereocenters. The quantitative estimate of drug-likeness (QED) is 0.706. The summed E-state index contributed by atoms with van der Waals surface area (Å²) in [7, 11) is 1.62. The third-order valence-electron chi connectivity index (χ3n) is 2.62. The zero-order valence-corrected chi connectivity index (χ0v) is 12.2. The first-order chi connectivity index (χ1) is 8.63. The molecule has 0 saturated carbocycles. The predicted molar refractivity (Wildman–Crippen MR) is 75.0 cm³/mol. The molecule has 1 aromatic heterocycles. The second-order valence-corrected chi connectivity index (χ2v) is 5.67. The van der Waals surface area contributed by atoms with E-state index in [1.54, 1.807) is 7.11 Å². The molecule has 2 N–H and O–H groups in total. The number of nitrogens with one attached hydrogen (secondary N) is 2. The Labute approximate surface area is 113 Å². The lowest BCUT2D eigenvalue weighted by atomic mass is 10.2. The fourth-order valence-corrected chi connectivity index (χ4v) is 2.61. The van der Waals surface area contributed by atoms with Gasteiger partial charge in [0, 0.05) is 42.9 Å². The Kier molecular flexibility index (Phi) is 6.93. The van der Waals surface area contributed by atoms with Crippen LogP contribution in [-0.4, -0.2) is 32.7 Å². The van der Waals surface area contributed by atoms with Gasteiger partial charge in [-0.15, -0.1) is 11.3 Å². The van der Waals surface area contributed by atoms with Crippen molar-refractivity contribution in [1.29, 1.82) is 0 Å². The fourth-order valence-electron chi connectivity index (χ4n) is 1.66. The van der Waals surface area contributed by atoms with Crippen LogP contribution >= 0.6 is 11.3 Å². The van der Waals surface area contributed by atoms with Gasteiger partial charge in [-0.2, -0.15) is 0 Å². The first kappa shape index (κ1) is 15.1. The highest BCUT2D eigenvalue weighted by Gasteiger charge is 2.03. The maximum Gasteiger partial charge on any atom is 0.221 e. The summed E-state index contributed by atoms with van der Waals surface area (Å²) in [6.07, 6.45) is 0.506. The summed E-state index contributed by atoms with van der Waals surface area (Å²) in [5, 5.41) is 6.09. The normalized spacial score (nSPS) is 10.6. The summed E-state index contributed by atoms with van der Waals surface area (Å²) in [6.45, 7) is 6.93. The first-order valence-corrected chi connectivity index (χ1v) is 6.97. The summed E-state index contributed by atoms with van der Waals surface area (Å²) < 4.78 is 4.86. The van der Waals surface area contributed by atoms with Crippen LogP contribution in [0.15, 0.2) is 6.07 Å². The molecule has 1 amide bonds. The molecule has 1 aromatic rings. The van der Waals surface area contributed by atoms with Crippen LogP contribution in [0.5, 0.6) is 0 Å². The van der Waals surface area contributed by atoms with Crippen LogP contribution in [-0.2, 0) is 16.1 Å². The molecule has 0 aliphatic rings. The van der Waals surface area contributed by atoms with Gasteiger partial charge in [0.25, 0.3) is 0 Å². The number of carbonyl (C=O) groups excluding carboxylic acids is 1. The third kappa shape index (κ3) is 5.62. The van der Waals surface area contributed by atoms with Gasteiger partial charge in [-0.05, 0) is 25.5 Å². The molecule has 18 heavy (non-hydrogen) atoms. The first-order valence-electron chi connectivity index (χ1n) is 6.15. The fraction of sp³-hybridized carbons (Fsp3) is 0.615. The van der Waals surface area contributed by atoms with Crippen molar-refractivity contribution >= 4 is 17.2 Å². The molecule has 102 valence electrons. The van der Waals surface area contributed by atoms with Crippen LogP contribution in [0.3, 0.4) is 0 Å². The maximum absolute atomic E-state index is 11.4. The number of hydrogen-bond acceptors (Lipinski definition) is 4. The molecule has 0 saturated heterocycles.